The van der Waals surface area contributed by atoms with Crippen LogP contribution in [0.1, 0.15) is 15.2 Å². The molecule has 0 atom stereocenters. The fraction of sp³-hybridized carbons (Fsp3) is 0.167. The Balaban J connectivity index is 2.23. The molecule has 0 aliphatic heterocycles. The van der Waals surface area contributed by atoms with Gasteiger partial charge in [0.25, 0.3) is 0 Å². The van der Waals surface area contributed by atoms with Crippen LogP contribution in [0, 0.1) is 6.92 Å². The van der Waals surface area contributed by atoms with Crippen LogP contribution >= 0.6 is 22.9 Å². The van der Waals surface area contributed by atoms with Gasteiger partial charge in [-0.15, -0.1) is 0 Å². The number of anilines is 2. The van der Waals surface area contributed by atoms with Crippen molar-refractivity contribution >= 4 is 39.7 Å². The average Bonchev–Trinajstić information content (AvgIpc) is 2.69. The standard InChI is InChI=1S/C12H11ClN2O2S/c1-7-4-3-5-8(6-7)14-12-15-10(13)9(18-12)11(16)17-2/h3-6H,1-2H3,(H,14,15). The van der Waals surface area contributed by atoms with Gasteiger partial charge in [0.2, 0.25) is 0 Å². The third-order valence-electron chi connectivity index (χ3n) is 2.23. The average molecular weight is 283 g/mol. The lowest BCUT2D eigenvalue weighted by molar-refractivity contribution is 0.0606. The molecule has 0 aliphatic rings. The van der Waals surface area contributed by atoms with Crippen molar-refractivity contribution in [3.05, 3.63) is 39.9 Å². The highest BCUT2D eigenvalue weighted by Crippen LogP contribution is 2.29. The minimum Gasteiger partial charge on any atom is -0.465 e. The Morgan fingerprint density at radius 1 is 1.50 bits per heavy atom. The lowest BCUT2D eigenvalue weighted by Crippen LogP contribution is -1.98. The van der Waals surface area contributed by atoms with E-state index in [0.29, 0.717) is 10.0 Å². The second-order valence-corrected chi connectivity index (χ2v) is 4.98. The Hall–Kier alpha value is -1.59. The minimum absolute atomic E-state index is 0.155. The highest BCUT2D eigenvalue weighted by Gasteiger charge is 2.17. The number of carbonyl (C=O) groups is 1. The second-order valence-electron chi connectivity index (χ2n) is 3.63. The number of nitrogens with one attached hydrogen (secondary N) is 1. The van der Waals surface area contributed by atoms with E-state index in [1.807, 2.05) is 31.2 Å². The van der Waals surface area contributed by atoms with Crippen molar-refractivity contribution in [1.29, 1.82) is 0 Å². The van der Waals surface area contributed by atoms with E-state index >= 15 is 0 Å². The molecular formula is C12H11ClN2O2S. The van der Waals surface area contributed by atoms with E-state index in [2.05, 4.69) is 15.0 Å². The van der Waals surface area contributed by atoms with Crippen molar-refractivity contribution in [2.75, 3.05) is 12.4 Å². The molecule has 1 heterocycles. The normalized spacial score (nSPS) is 10.2. The molecule has 2 aromatic rings. The number of ether oxygens (including phenoxy) is 1. The van der Waals surface area contributed by atoms with Gasteiger partial charge in [-0.2, -0.15) is 0 Å². The summed E-state index contributed by atoms with van der Waals surface area (Å²) < 4.78 is 4.62. The summed E-state index contributed by atoms with van der Waals surface area (Å²) in [4.78, 5) is 15.8. The summed E-state index contributed by atoms with van der Waals surface area (Å²) in [6.45, 7) is 2.00. The first-order valence-corrected chi connectivity index (χ1v) is 6.38. The van der Waals surface area contributed by atoms with E-state index in [9.17, 15) is 4.79 Å². The topological polar surface area (TPSA) is 51.2 Å². The van der Waals surface area contributed by atoms with Gasteiger partial charge in [0.05, 0.1) is 7.11 Å². The molecule has 0 spiro atoms. The smallest absolute Gasteiger partial charge is 0.351 e. The van der Waals surface area contributed by atoms with E-state index < -0.39 is 5.97 Å². The van der Waals surface area contributed by atoms with E-state index in [1.165, 1.54) is 7.11 Å². The molecule has 0 bridgehead atoms. The van der Waals surface area contributed by atoms with Crippen LogP contribution in [0.15, 0.2) is 24.3 Å². The zero-order valence-corrected chi connectivity index (χ0v) is 11.4. The minimum atomic E-state index is -0.477. The first-order chi connectivity index (χ1) is 8.60. The van der Waals surface area contributed by atoms with E-state index in [0.717, 1.165) is 22.6 Å². The zero-order valence-electron chi connectivity index (χ0n) is 9.86. The first-order valence-electron chi connectivity index (χ1n) is 5.18. The summed E-state index contributed by atoms with van der Waals surface area (Å²) in [5, 5.41) is 3.82. The molecule has 1 N–H and O–H groups in total. The fourth-order valence-electron chi connectivity index (χ4n) is 1.42. The van der Waals surface area contributed by atoms with Gasteiger partial charge < -0.3 is 10.1 Å². The summed E-state index contributed by atoms with van der Waals surface area (Å²) in [5.74, 6) is -0.477. The summed E-state index contributed by atoms with van der Waals surface area (Å²) >= 11 is 7.04. The summed E-state index contributed by atoms with van der Waals surface area (Å²) in [5.41, 5.74) is 2.03. The molecule has 4 nitrogen and oxygen atoms in total. The van der Waals surface area contributed by atoms with Gasteiger partial charge in [0.1, 0.15) is 0 Å². The molecule has 0 aliphatic carbocycles. The van der Waals surface area contributed by atoms with Crippen LogP contribution in [-0.4, -0.2) is 18.1 Å². The Morgan fingerprint density at radius 2 is 2.28 bits per heavy atom. The van der Waals surface area contributed by atoms with Crippen molar-refractivity contribution in [2.45, 2.75) is 6.92 Å². The van der Waals surface area contributed by atoms with Gasteiger partial charge in [-0.3, -0.25) is 0 Å². The van der Waals surface area contributed by atoms with E-state index in [1.54, 1.807) is 0 Å². The molecule has 0 unspecified atom stereocenters. The van der Waals surface area contributed by atoms with Crippen LogP contribution in [-0.2, 0) is 4.74 Å². The van der Waals surface area contributed by atoms with Crippen LogP contribution in [0.4, 0.5) is 10.8 Å². The first kappa shape index (κ1) is 12.9. The van der Waals surface area contributed by atoms with Crippen molar-refractivity contribution in [3.63, 3.8) is 0 Å². The Morgan fingerprint density at radius 3 is 2.94 bits per heavy atom. The largest absolute Gasteiger partial charge is 0.465 e. The van der Waals surface area contributed by atoms with Crippen LogP contribution in [0.25, 0.3) is 0 Å². The van der Waals surface area contributed by atoms with Crippen LogP contribution in [0.3, 0.4) is 0 Å². The van der Waals surface area contributed by atoms with Crippen LogP contribution in [0.5, 0.6) is 0 Å². The van der Waals surface area contributed by atoms with Crippen molar-refractivity contribution in [2.24, 2.45) is 0 Å². The molecule has 0 radical (unpaired) electrons. The number of rotatable bonds is 3. The molecule has 18 heavy (non-hydrogen) atoms. The predicted molar refractivity (Wildman–Crippen MR) is 72.9 cm³/mol. The Bertz CT molecular complexity index is 583. The summed E-state index contributed by atoms with van der Waals surface area (Å²) in [6.07, 6.45) is 0. The quantitative estimate of drug-likeness (QED) is 0.873. The number of halogens is 1. The van der Waals surface area contributed by atoms with Gasteiger partial charge in [-0.25, -0.2) is 9.78 Å². The maximum absolute atomic E-state index is 11.4. The van der Waals surface area contributed by atoms with Gasteiger partial charge in [0, 0.05) is 5.69 Å². The number of hydrogen-bond acceptors (Lipinski definition) is 5. The summed E-state index contributed by atoms with van der Waals surface area (Å²) in [6, 6.07) is 7.83. The van der Waals surface area contributed by atoms with Gasteiger partial charge in [0.15, 0.2) is 15.2 Å². The molecule has 6 heteroatoms. The van der Waals surface area contributed by atoms with Crippen LogP contribution in [0.2, 0.25) is 5.15 Å². The third kappa shape index (κ3) is 2.80. The molecule has 0 saturated heterocycles. The predicted octanol–water partition coefficient (Wildman–Crippen LogP) is 3.64. The van der Waals surface area contributed by atoms with Crippen molar-refractivity contribution < 1.29 is 9.53 Å². The molecule has 0 amide bonds. The lowest BCUT2D eigenvalue weighted by Gasteiger charge is -2.02. The summed E-state index contributed by atoms with van der Waals surface area (Å²) in [7, 11) is 1.31. The number of thiazole rings is 1. The third-order valence-corrected chi connectivity index (χ3v) is 3.56. The molecule has 0 fully saturated rings. The zero-order chi connectivity index (χ0) is 13.1. The molecule has 2 rings (SSSR count). The molecule has 0 saturated carbocycles. The SMILES string of the molecule is COC(=O)c1sc(Nc2cccc(C)c2)nc1Cl. The number of benzene rings is 1. The number of nitrogens with zero attached hydrogens (tertiary/aromatic N) is 1. The number of esters is 1. The van der Waals surface area contributed by atoms with Gasteiger partial charge in [-0.1, -0.05) is 35.1 Å². The Labute approximate surface area is 114 Å². The molecule has 1 aromatic carbocycles. The molecule has 94 valence electrons. The van der Waals surface area contributed by atoms with Gasteiger partial charge in [-0.05, 0) is 24.6 Å². The van der Waals surface area contributed by atoms with Crippen molar-refractivity contribution in [1.82, 2.24) is 4.98 Å². The number of aryl methyl sites for hydroxylation is 1. The van der Waals surface area contributed by atoms with Crippen LogP contribution < -0.4 is 5.32 Å². The van der Waals surface area contributed by atoms with E-state index in [-0.39, 0.29) is 5.15 Å². The highest BCUT2D eigenvalue weighted by molar-refractivity contribution is 7.18. The molecular weight excluding hydrogens is 272 g/mol. The van der Waals surface area contributed by atoms with E-state index in [4.69, 9.17) is 11.6 Å². The maximum Gasteiger partial charge on any atom is 0.351 e. The number of aromatic nitrogens is 1. The highest BCUT2D eigenvalue weighted by atomic mass is 35.5. The number of hydrogen-bond donors (Lipinski definition) is 1. The Kier molecular flexibility index (Phi) is 3.84. The second kappa shape index (κ2) is 5.37. The molecule has 1 aromatic heterocycles. The fourth-order valence-corrected chi connectivity index (χ4v) is 2.54. The monoisotopic (exact) mass is 282 g/mol. The van der Waals surface area contributed by atoms with Gasteiger partial charge >= 0.3 is 5.97 Å². The lowest BCUT2D eigenvalue weighted by atomic mass is 10.2. The number of methoxy groups -OCH3 is 1. The number of carbonyl (C=O) groups excluding carboxylic acids is 1. The maximum atomic E-state index is 11.4. The van der Waals surface area contributed by atoms with Crippen molar-refractivity contribution in [3.8, 4) is 0 Å².